The van der Waals surface area contributed by atoms with Crippen molar-refractivity contribution < 1.29 is 30.3 Å². The van der Waals surface area contributed by atoms with Crippen LogP contribution in [0.5, 0.6) is 0 Å². The van der Waals surface area contributed by atoms with E-state index in [1.54, 1.807) is 0 Å². The fourth-order valence-corrected chi connectivity index (χ4v) is 1.07. The second-order valence-electron chi connectivity index (χ2n) is 2.83. The summed E-state index contributed by atoms with van der Waals surface area (Å²) in [7, 11) is 0. The van der Waals surface area contributed by atoms with Gasteiger partial charge in [-0.3, -0.25) is 0 Å². The molecule has 0 amide bonds. The molecular weight excluding hydrogens is 168 g/mol. The van der Waals surface area contributed by atoms with Gasteiger partial charge in [0.2, 0.25) is 0 Å². The first kappa shape index (κ1) is 9.85. The van der Waals surface area contributed by atoms with Gasteiger partial charge in [-0.1, -0.05) is 0 Å². The first-order chi connectivity index (χ1) is 5.52. The van der Waals surface area contributed by atoms with E-state index >= 15 is 0 Å². The summed E-state index contributed by atoms with van der Waals surface area (Å²) in [4.78, 5) is 0. The van der Waals surface area contributed by atoms with Crippen molar-refractivity contribution in [2.24, 2.45) is 0 Å². The molecule has 1 rings (SSSR count). The van der Waals surface area contributed by atoms with Gasteiger partial charge in [0.05, 0.1) is 13.2 Å². The van der Waals surface area contributed by atoms with Crippen molar-refractivity contribution in [3.05, 3.63) is 0 Å². The molecule has 12 heavy (non-hydrogen) atoms. The lowest BCUT2D eigenvalue weighted by Crippen LogP contribution is -2.64. The van der Waals surface area contributed by atoms with E-state index in [1.165, 1.54) is 0 Å². The normalized spacial score (nSPS) is 49.2. The Hall–Kier alpha value is -0.240. The van der Waals surface area contributed by atoms with Crippen molar-refractivity contribution in [3.63, 3.8) is 0 Å². The maximum absolute atomic E-state index is 9.40. The Morgan fingerprint density at radius 3 is 2.33 bits per heavy atom. The standard InChI is InChI=1S/C6H12O6/c7-2-6(11)3(8)1-12-5(10)4(6)9/h3-5,7-11H,1-2H2/t3-,4-,5+,6+/m0/s1. The van der Waals surface area contributed by atoms with E-state index in [1.807, 2.05) is 0 Å². The molecule has 1 fully saturated rings. The molecule has 4 atom stereocenters. The number of aliphatic hydroxyl groups is 5. The zero-order valence-corrected chi connectivity index (χ0v) is 6.29. The van der Waals surface area contributed by atoms with Crippen molar-refractivity contribution >= 4 is 0 Å². The van der Waals surface area contributed by atoms with Crippen LogP contribution < -0.4 is 0 Å². The average Bonchev–Trinajstić information content (AvgIpc) is 2.08. The Balaban J connectivity index is 2.78. The van der Waals surface area contributed by atoms with Gasteiger partial charge < -0.3 is 30.3 Å². The molecule has 0 aromatic carbocycles. The van der Waals surface area contributed by atoms with E-state index in [0.717, 1.165) is 0 Å². The summed E-state index contributed by atoms with van der Waals surface area (Å²) in [5, 5.41) is 45.2. The predicted octanol–water partition coefficient (Wildman–Crippen LogP) is -3.22. The van der Waals surface area contributed by atoms with Gasteiger partial charge >= 0.3 is 0 Å². The summed E-state index contributed by atoms with van der Waals surface area (Å²) in [5.41, 5.74) is -2.10. The van der Waals surface area contributed by atoms with E-state index in [-0.39, 0.29) is 6.61 Å². The van der Waals surface area contributed by atoms with Gasteiger partial charge in [0, 0.05) is 0 Å². The van der Waals surface area contributed by atoms with Gasteiger partial charge in [0.15, 0.2) is 6.29 Å². The summed E-state index contributed by atoms with van der Waals surface area (Å²) in [6.45, 7) is -1.16. The number of rotatable bonds is 1. The van der Waals surface area contributed by atoms with Crippen molar-refractivity contribution in [2.75, 3.05) is 13.2 Å². The lowest BCUT2D eigenvalue weighted by Gasteiger charge is -2.41. The van der Waals surface area contributed by atoms with Crippen LogP contribution in [0.15, 0.2) is 0 Å². The molecule has 1 heterocycles. The van der Waals surface area contributed by atoms with Gasteiger partial charge in [-0.05, 0) is 0 Å². The van der Waals surface area contributed by atoms with Crippen molar-refractivity contribution in [1.29, 1.82) is 0 Å². The predicted molar refractivity (Wildman–Crippen MR) is 36.0 cm³/mol. The SMILES string of the molecule is OC[C@@]1(O)[C@@H](O)CO[C@@H](O)[C@@H]1O. The van der Waals surface area contributed by atoms with Crippen LogP contribution in [0, 0.1) is 0 Å². The zero-order chi connectivity index (χ0) is 9.35. The van der Waals surface area contributed by atoms with Gasteiger partial charge in [-0.2, -0.15) is 0 Å². The van der Waals surface area contributed by atoms with E-state index in [4.69, 9.17) is 20.4 Å². The highest BCUT2D eigenvalue weighted by molar-refractivity contribution is 4.97. The number of aliphatic hydroxyl groups excluding tert-OH is 4. The monoisotopic (exact) mass is 180 g/mol. The zero-order valence-electron chi connectivity index (χ0n) is 6.29. The smallest absolute Gasteiger partial charge is 0.184 e. The molecule has 1 aliphatic heterocycles. The highest BCUT2D eigenvalue weighted by atomic mass is 16.6. The van der Waals surface area contributed by atoms with E-state index in [2.05, 4.69) is 4.74 Å². The Labute approximate surface area is 68.6 Å². The van der Waals surface area contributed by atoms with Crippen LogP contribution in [-0.4, -0.2) is 62.8 Å². The fraction of sp³-hybridized carbons (Fsp3) is 1.00. The highest BCUT2D eigenvalue weighted by Crippen LogP contribution is 2.24. The maximum atomic E-state index is 9.40. The average molecular weight is 180 g/mol. The quantitative estimate of drug-likeness (QED) is 0.290. The lowest BCUT2D eigenvalue weighted by molar-refractivity contribution is -0.298. The van der Waals surface area contributed by atoms with Gasteiger partial charge in [0.25, 0.3) is 0 Å². The molecule has 6 nitrogen and oxygen atoms in total. The molecule has 72 valence electrons. The summed E-state index contributed by atoms with van der Waals surface area (Å²) in [6, 6.07) is 0. The van der Waals surface area contributed by atoms with E-state index in [0.29, 0.717) is 0 Å². The second-order valence-corrected chi connectivity index (χ2v) is 2.83. The fourth-order valence-electron chi connectivity index (χ4n) is 1.07. The minimum Gasteiger partial charge on any atom is -0.393 e. The molecular formula is C6H12O6. The topological polar surface area (TPSA) is 110 Å². The van der Waals surface area contributed by atoms with Crippen molar-refractivity contribution in [2.45, 2.75) is 24.1 Å². The van der Waals surface area contributed by atoms with E-state index < -0.39 is 30.7 Å². The largest absolute Gasteiger partial charge is 0.393 e. The Morgan fingerprint density at radius 1 is 1.33 bits per heavy atom. The van der Waals surface area contributed by atoms with Crippen LogP contribution in [-0.2, 0) is 4.74 Å². The molecule has 0 aromatic heterocycles. The van der Waals surface area contributed by atoms with Crippen LogP contribution in [0.25, 0.3) is 0 Å². The molecule has 0 saturated carbocycles. The molecule has 5 N–H and O–H groups in total. The van der Waals surface area contributed by atoms with Crippen LogP contribution in [0.2, 0.25) is 0 Å². The van der Waals surface area contributed by atoms with Crippen LogP contribution in [0.3, 0.4) is 0 Å². The Kier molecular flexibility index (Phi) is 2.67. The number of hydrogen-bond donors (Lipinski definition) is 5. The minimum atomic E-state index is -2.10. The van der Waals surface area contributed by atoms with Crippen LogP contribution in [0.1, 0.15) is 0 Å². The van der Waals surface area contributed by atoms with Crippen molar-refractivity contribution in [1.82, 2.24) is 0 Å². The molecule has 6 heteroatoms. The van der Waals surface area contributed by atoms with Gasteiger partial charge in [-0.15, -0.1) is 0 Å². The first-order valence-electron chi connectivity index (χ1n) is 3.51. The molecule has 1 aliphatic rings. The Bertz CT molecular complexity index is 162. The molecule has 0 aromatic rings. The molecule has 0 spiro atoms. The highest BCUT2D eigenvalue weighted by Gasteiger charge is 2.50. The maximum Gasteiger partial charge on any atom is 0.184 e. The molecule has 0 aliphatic carbocycles. The summed E-state index contributed by atoms with van der Waals surface area (Å²) in [6.07, 6.45) is -4.68. The third-order valence-corrected chi connectivity index (χ3v) is 2.04. The second kappa shape index (κ2) is 3.25. The van der Waals surface area contributed by atoms with Crippen molar-refractivity contribution in [3.8, 4) is 0 Å². The number of hydrogen-bond acceptors (Lipinski definition) is 6. The molecule has 1 saturated heterocycles. The van der Waals surface area contributed by atoms with Gasteiger partial charge in [0.1, 0.15) is 17.8 Å². The van der Waals surface area contributed by atoms with Crippen LogP contribution >= 0.6 is 0 Å². The molecule has 0 unspecified atom stereocenters. The summed E-state index contributed by atoms with van der Waals surface area (Å²) >= 11 is 0. The van der Waals surface area contributed by atoms with Crippen LogP contribution in [0.4, 0.5) is 0 Å². The number of ether oxygens (including phenoxy) is 1. The van der Waals surface area contributed by atoms with E-state index in [9.17, 15) is 5.11 Å². The Morgan fingerprint density at radius 2 is 1.92 bits per heavy atom. The molecule has 0 radical (unpaired) electrons. The third-order valence-electron chi connectivity index (χ3n) is 2.04. The minimum absolute atomic E-state index is 0.324. The first-order valence-corrected chi connectivity index (χ1v) is 3.51. The van der Waals surface area contributed by atoms with Gasteiger partial charge in [-0.25, -0.2) is 0 Å². The summed E-state index contributed by atoms with van der Waals surface area (Å²) < 4.78 is 4.48. The lowest BCUT2D eigenvalue weighted by atomic mass is 9.89. The molecule has 0 bridgehead atoms. The third kappa shape index (κ3) is 1.33. The summed E-state index contributed by atoms with van der Waals surface area (Å²) in [5.74, 6) is 0.